The molecule has 14 aromatic rings. The maximum absolute atomic E-state index is 5.38. The molecule has 0 aliphatic rings. The van der Waals surface area contributed by atoms with Gasteiger partial charge in [0, 0.05) is 78.2 Å². The predicted octanol–water partition coefficient (Wildman–Crippen LogP) is 15.2. The highest BCUT2D eigenvalue weighted by Crippen LogP contribution is 2.40. The lowest BCUT2D eigenvalue weighted by molar-refractivity contribution is 1.05. The van der Waals surface area contributed by atoms with Gasteiger partial charge in [0.25, 0.3) is 0 Å². The molecule has 8 aromatic carbocycles. The van der Waals surface area contributed by atoms with Crippen LogP contribution in [0, 0.1) is 0 Å². The standard InChI is InChI=1S/C62H39N7/c1-4-15-40(16-5-1)54-38-61(66-62(65-54)41-17-6-2-7-18-41)69-56-26-13-11-22-47(56)50-35-42(28-31-58(50)69)52-23-14-24-53(64-52)43-27-30-48-46-21-10-12-25-55(46)68(59(48)36-43)45-29-32-57-51(37-45)49-33-34-63-39-60(49)67(57)44-19-8-3-9-20-44/h1-39H. The zero-order valence-electron chi connectivity index (χ0n) is 37.1. The number of aromatic nitrogens is 7. The Balaban J connectivity index is 0.890. The van der Waals surface area contributed by atoms with Gasteiger partial charge in [-0.25, -0.2) is 15.0 Å². The van der Waals surface area contributed by atoms with Crippen LogP contribution in [0.1, 0.15) is 0 Å². The summed E-state index contributed by atoms with van der Waals surface area (Å²) in [5.41, 5.74) is 15.6. The first-order valence-corrected chi connectivity index (χ1v) is 23.2. The van der Waals surface area contributed by atoms with Gasteiger partial charge in [0.05, 0.1) is 56.4 Å². The summed E-state index contributed by atoms with van der Waals surface area (Å²) in [7, 11) is 0. The quantitative estimate of drug-likeness (QED) is 0.160. The van der Waals surface area contributed by atoms with Crippen molar-refractivity contribution < 1.29 is 0 Å². The molecule has 0 spiro atoms. The largest absolute Gasteiger partial charge is 0.309 e. The first-order chi connectivity index (χ1) is 34.2. The fourth-order valence-electron chi connectivity index (χ4n) is 10.4. The molecule has 0 unspecified atom stereocenters. The second-order valence-electron chi connectivity index (χ2n) is 17.5. The van der Waals surface area contributed by atoms with Crippen LogP contribution < -0.4 is 0 Å². The van der Waals surface area contributed by atoms with Gasteiger partial charge in [-0.3, -0.25) is 9.55 Å². The fourth-order valence-corrected chi connectivity index (χ4v) is 10.4. The van der Waals surface area contributed by atoms with Crippen LogP contribution in [0.2, 0.25) is 0 Å². The van der Waals surface area contributed by atoms with E-state index < -0.39 is 0 Å². The van der Waals surface area contributed by atoms with Crippen molar-refractivity contribution in [2.45, 2.75) is 0 Å². The molecule has 7 heteroatoms. The molecular formula is C62H39N7. The molecule has 0 saturated heterocycles. The van der Waals surface area contributed by atoms with Gasteiger partial charge in [0.2, 0.25) is 0 Å². The smallest absolute Gasteiger partial charge is 0.162 e. The van der Waals surface area contributed by atoms with E-state index >= 15 is 0 Å². The third kappa shape index (κ3) is 6.29. The van der Waals surface area contributed by atoms with E-state index in [0.717, 1.165) is 100 Å². The molecule has 322 valence electrons. The molecule has 0 amide bonds. The number of hydrogen-bond donors (Lipinski definition) is 0. The van der Waals surface area contributed by atoms with E-state index in [0.29, 0.717) is 5.82 Å². The minimum atomic E-state index is 0.681. The van der Waals surface area contributed by atoms with E-state index in [9.17, 15) is 0 Å². The SMILES string of the molecule is c1ccc(-c2cc(-n3c4ccccc4c4cc(-c5cccc(-c6ccc7c8ccccc8n(-c8ccc9c(c8)c8ccncc8n9-c8ccccc8)c7c6)n5)ccc43)nc(-c3ccccc3)n2)cc1. The van der Waals surface area contributed by atoms with Crippen molar-refractivity contribution in [3.05, 3.63) is 237 Å². The van der Waals surface area contributed by atoms with Crippen molar-refractivity contribution >= 4 is 65.4 Å². The summed E-state index contributed by atoms with van der Waals surface area (Å²) in [4.78, 5) is 20.2. The first-order valence-electron chi connectivity index (χ1n) is 23.2. The lowest BCUT2D eigenvalue weighted by Gasteiger charge is -2.12. The van der Waals surface area contributed by atoms with E-state index in [1.807, 2.05) is 36.7 Å². The summed E-state index contributed by atoms with van der Waals surface area (Å²) in [6.07, 6.45) is 3.85. The number of para-hydroxylation sites is 3. The average molecular weight is 882 g/mol. The van der Waals surface area contributed by atoms with E-state index in [-0.39, 0.29) is 0 Å². The Morgan fingerprint density at radius 3 is 1.62 bits per heavy atom. The van der Waals surface area contributed by atoms with E-state index in [2.05, 4.69) is 219 Å². The number of fused-ring (bicyclic) bond motifs is 9. The minimum Gasteiger partial charge on any atom is -0.309 e. The zero-order valence-corrected chi connectivity index (χ0v) is 37.1. The van der Waals surface area contributed by atoms with Crippen molar-refractivity contribution in [1.82, 2.24) is 33.6 Å². The van der Waals surface area contributed by atoms with Gasteiger partial charge in [-0.2, -0.15) is 0 Å². The Morgan fingerprint density at radius 1 is 0.275 bits per heavy atom. The number of nitrogens with zero attached hydrogens (tertiary/aromatic N) is 7. The third-order valence-corrected chi connectivity index (χ3v) is 13.6. The van der Waals surface area contributed by atoms with Crippen molar-refractivity contribution in [2.75, 3.05) is 0 Å². The van der Waals surface area contributed by atoms with Gasteiger partial charge in [-0.05, 0) is 78.9 Å². The molecule has 0 aliphatic heterocycles. The summed E-state index contributed by atoms with van der Waals surface area (Å²) in [5, 5.41) is 7.01. The van der Waals surface area contributed by atoms with Crippen LogP contribution in [0.25, 0.3) is 128 Å². The molecule has 6 aromatic heterocycles. The third-order valence-electron chi connectivity index (χ3n) is 13.6. The lowest BCUT2D eigenvalue weighted by Crippen LogP contribution is -2.02. The Morgan fingerprint density at radius 2 is 0.841 bits per heavy atom. The van der Waals surface area contributed by atoms with Crippen LogP contribution in [-0.2, 0) is 0 Å². The van der Waals surface area contributed by atoms with Crippen molar-refractivity contribution in [3.63, 3.8) is 0 Å². The predicted molar refractivity (Wildman–Crippen MR) is 282 cm³/mol. The van der Waals surface area contributed by atoms with Gasteiger partial charge >= 0.3 is 0 Å². The molecule has 14 rings (SSSR count). The van der Waals surface area contributed by atoms with Crippen LogP contribution >= 0.6 is 0 Å². The number of rotatable bonds is 7. The zero-order chi connectivity index (χ0) is 45.4. The van der Waals surface area contributed by atoms with E-state index in [4.69, 9.17) is 15.0 Å². The second-order valence-corrected chi connectivity index (χ2v) is 17.5. The summed E-state index contributed by atoms with van der Waals surface area (Å²) in [6, 6.07) is 79.2. The summed E-state index contributed by atoms with van der Waals surface area (Å²) < 4.78 is 6.97. The molecule has 6 heterocycles. The molecule has 69 heavy (non-hydrogen) atoms. The Bertz CT molecular complexity index is 4240. The monoisotopic (exact) mass is 881 g/mol. The molecule has 0 radical (unpaired) electrons. The van der Waals surface area contributed by atoms with Crippen molar-refractivity contribution in [1.29, 1.82) is 0 Å². The normalized spacial score (nSPS) is 11.8. The van der Waals surface area contributed by atoms with Gasteiger partial charge in [-0.1, -0.05) is 140 Å². The van der Waals surface area contributed by atoms with E-state index in [1.54, 1.807) is 0 Å². The summed E-state index contributed by atoms with van der Waals surface area (Å²) >= 11 is 0. The molecule has 0 N–H and O–H groups in total. The van der Waals surface area contributed by atoms with Crippen LogP contribution in [0.3, 0.4) is 0 Å². The molecule has 0 atom stereocenters. The molecule has 0 aliphatic carbocycles. The highest BCUT2D eigenvalue weighted by Gasteiger charge is 2.20. The highest BCUT2D eigenvalue weighted by atomic mass is 15.1. The molecule has 0 fully saturated rings. The van der Waals surface area contributed by atoms with E-state index in [1.165, 1.54) is 21.5 Å². The summed E-state index contributed by atoms with van der Waals surface area (Å²) in [5.74, 6) is 1.49. The van der Waals surface area contributed by atoms with Crippen LogP contribution in [0.15, 0.2) is 237 Å². The summed E-state index contributed by atoms with van der Waals surface area (Å²) in [6.45, 7) is 0. The van der Waals surface area contributed by atoms with Crippen LogP contribution in [0.5, 0.6) is 0 Å². The highest BCUT2D eigenvalue weighted by molar-refractivity contribution is 6.13. The van der Waals surface area contributed by atoms with Crippen LogP contribution in [0.4, 0.5) is 0 Å². The molecule has 0 saturated carbocycles. The van der Waals surface area contributed by atoms with Gasteiger partial charge in [-0.15, -0.1) is 0 Å². The maximum atomic E-state index is 5.38. The number of benzene rings is 8. The Kier molecular flexibility index (Phi) is 8.75. The van der Waals surface area contributed by atoms with Gasteiger partial charge in [0.1, 0.15) is 5.82 Å². The topological polar surface area (TPSA) is 66.3 Å². The van der Waals surface area contributed by atoms with Gasteiger partial charge in [0.15, 0.2) is 5.82 Å². The Labute approximate surface area is 396 Å². The Hall–Kier alpha value is -9.46. The number of hydrogen-bond acceptors (Lipinski definition) is 4. The minimum absolute atomic E-state index is 0.681. The first kappa shape index (κ1) is 38.8. The molecule has 0 bridgehead atoms. The van der Waals surface area contributed by atoms with Crippen molar-refractivity contribution in [3.8, 4) is 62.4 Å². The fraction of sp³-hybridized carbons (Fsp3) is 0. The second kappa shape index (κ2) is 15.6. The number of pyridine rings is 2. The van der Waals surface area contributed by atoms with Crippen molar-refractivity contribution in [2.24, 2.45) is 0 Å². The maximum Gasteiger partial charge on any atom is 0.162 e. The molecule has 7 nitrogen and oxygen atoms in total. The average Bonchev–Trinajstić information content (AvgIpc) is 4.06. The lowest BCUT2D eigenvalue weighted by atomic mass is 10.0. The van der Waals surface area contributed by atoms with Gasteiger partial charge < -0.3 is 9.13 Å². The van der Waals surface area contributed by atoms with Crippen LogP contribution in [-0.4, -0.2) is 33.6 Å². The molecular weight excluding hydrogens is 843 g/mol.